The summed E-state index contributed by atoms with van der Waals surface area (Å²) in [4.78, 5) is 33.0. The van der Waals surface area contributed by atoms with Gasteiger partial charge >= 0.3 is 0 Å². The number of aromatic amines is 1. The highest BCUT2D eigenvalue weighted by atomic mass is 16.2. The molecule has 2 aromatic heterocycles. The number of amides is 2. The maximum absolute atomic E-state index is 12.6. The van der Waals surface area contributed by atoms with E-state index < -0.39 is 0 Å². The van der Waals surface area contributed by atoms with E-state index in [0.29, 0.717) is 11.4 Å². The van der Waals surface area contributed by atoms with Gasteiger partial charge in [0, 0.05) is 43.0 Å². The molecule has 0 fully saturated rings. The van der Waals surface area contributed by atoms with Crippen LogP contribution < -0.4 is 5.32 Å². The highest BCUT2D eigenvalue weighted by molar-refractivity contribution is 5.94. The summed E-state index contributed by atoms with van der Waals surface area (Å²) >= 11 is 0. The van der Waals surface area contributed by atoms with Crippen LogP contribution in [0.5, 0.6) is 0 Å². The van der Waals surface area contributed by atoms with Crippen LogP contribution in [-0.2, 0) is 9.59 Å². The summed E-state index contributed by atoms with van der Waals surface area (Å²) in [5.74, 6) is 0.0818. The summed E-state index contributed by atoms with van der Waals surface area (Å²) < 4.78 is 0. The molecule has 0 bridgehead atoms. The molecule has 2 amide bonds. The second kappa shape index (κ2) is 7.86. The Morgan fingerprint density at radius 1 is 1.22 bits per heavy atom. The summed E-state index contributed by atoms with van der Waals surface area (Å²) in [5, 5.41) is 3.78. The lowest BCUT2D eigenvalue weighted by Gasteiger charge is -2.22. The third-order valence-electron chi connectivity index (χ3n) is 4.47. The van der Waals surface area contributed by atoms with Gasteiger partial charge in [0.1, 0.15) is 5.82 Å². The summed E-state index contributed by atoms with van der Waals surface area (Å²) in [6.07, 6.45) is 4.74. The molecule has 0 spiro atoms. The number of rotatable bonds is 5. The molecule has 6 heteroatoms. The molecule has 138 valence electrons. The number of hydrogen-bond acceptors (Lipinski definition) is 3. The first-order chi connectivity index (χ1) is 13.0. The predicted molar refractivity (Wildman–Crippen MR) is 107 cm³/mol. The topological polar surface area (TPSA) is 78.1 Å². The molecule has 3 aromatic rings. The third-order valence-corrected chi connectivity index (χ3v) is 4.47. The quantitative estimate of drug-likeness (QED) is 0.679. The van der Waals surface area contributed by atoms with E-state index >= 15 is 0 Å². The number of anilines is 1. The second-order valence-electron chi connectivity index (χ2n) is 6.39. The largest absolute Gasteiger partial charge is 0.357 e. The third kappa shape index (κ3) is 4.23. The van der Waals surface area contributed by atoms with Gasteiger partial charge in [-0.1, -0.05) is 18.2 Å². The minimum absolute atomic E-state index is 0.113. The normalized spacial score (nSPS) is 12.3. The van der Waals surface area contributed by atoms with Gasteiger partial charge in [-0.2, -0.15) is 0 Å². The number of carbonyl (C=O) groups is 2. The maximum Gasteiger partial charge on any atom is 0.246 e. The summed E-state index contributed by atoms with van der Waals surface area (Å²) in [5.41, 5.74) is 2.69. The Balaban J connectivity index is 1.75. The molecule has 2 heterocycles. The number of aromatic nitrogens is 2. The second-order valence-corrected chi connectivity index (χ2v) is 6.39. The van der Waals surface area contributed by atoms with Crippen molar-refractivity contribution in [1.29, 1.82) is 0 Å². The zero-order valence-corrected chi connectivity index (χ0v) is 15.6. The number of H-pyrrole nitrogens is 1. The van der Waals surface area contributed by atoms with Crippen molar-refractivity contribution in [1.82, 2.24) is 14.9 Å². The first-order valence-electron chi connectivity index (χ1n) is 8.71. The first kappa shape index (κ1) is 18.4. The molecular formula is C21H22N4O2. The van der Waals surface area contributed by atoms with Crippen LogP contribution in [0.3, 0.4) is 0 Å². The summed E-state index contributed by atoms with van der Waals surface area (Å²) in [7, 11) is 1.76. The predicted octanol–water partition coefficient (Wildman–Crippen LogP) is 3.75. The number of nitrogens with one attached hydrogen (secondary N) is 2. The summed E-state index contributed by atoms with van der Waals surface area (Å²) in [6.45, 7) is 3.40. The molecule has 6 nitrogen and oxygen atoms in total. The number of carbonyl (C=O) groups excluding carboxylic acids is 2. The number of benzene rings is 1. The molecule has 0 saturated heterocycles. The SMILES string of the molecule is CC(=O)Nc1ncccc1C=CC(=O)N(C)C(C)c1cc2ccccc2[nH]1. The molecule has 2 N–H and O–H groups in total. The van der Waals surface area contributed by atoms with E-state index in [1.54, 1.807) is 36.4 Å². The Morgan fingerprint density at radius 2 is 2.00 bits per heavy atom. The Kier molecular flexibility index (Phi) is 5.35. The molecule has 0 saturated carbocycles. The number of pyridine rings is 1. The Hall–Kier alpha value is -3.41. The summed E-state index contributed by atoms with van der Waals surface area (Å²) in [6, 6.07) is 13.5. The zero-order chi connectivity index (χ0) is 19.4. The van der Waals surface area contributed by atoms with Gasteiger partial charge in [0.15, 0.2) is 0 Å². The van der Waals surface area contributed by atoms with E-state index in [9.17, 15) is 9.59 Å². The Bertz CT molecular complexity index is 973. The maximum atomic E-state index is 12.6. The first-order valence-corrected chi connectivity index (χ1v) is 8.71. The molecule has 1 atom stereocenters. The van der Waals surface area contributed by atoms with E-state index in [2.05, 4.69) is 21.4 Å². The molecule has 0 radical (unpaired) electrons. The smallest absolute Gasteiger partial charge is 0.246 e. The fraction of sp³-hybridized carbons (Fsp3) is 0.190. The van der Waals surface area contributed by atoms with Gasteiger partial charge in [-0.15, -0.1) is 0 Å². The standard InChI is InChI=1S/C21H22N4O2/c1-14(19-13-17-7-4-5-9-18(17)24-19)25(3)20(27)11-10-16-8-6-12-22-21(16)23-15(2)26/h4-14,24H,1-3H3,(H,22,23,26). The monoisotopic (exact) mass is 362 g/mol. The van der Waals surface area contributed by atoms with Crippen molar-refractivity contribution in [3.05, 3.63) is 66.0 Å². The van der Waals surface area contributed by atoms with E-state index in [1.165, 1.54) is 13.0 Å². The van der Waals surface area contributed by atoms with Crippen LogP contribution in [-0.4, -0.2) is 33.7 Å². The molecule has 1 aromatic carbocycles. The van der Waals surface area contributed by atoms with E-state index in [4.69, 9.17) is 0 Å². The van der Waals surface area contributed by atoms with Gasteiger partial charge in [0.05, 0.1) is 6.04 Å². The van der Waals surface area contributed by atoms with Crippen LogP contribution >= 0.6 is 0 Å². The van der Waals surface area contributed by atoms with Crippen LogP contribution in [0.4, 0.5) is 5.82 Å². The fourth-order valence-electron chi connectivity index (χ4n) is 2.82. The van der Waals surface area contributed by atoms with Gasteiger partial charge in [0.2, 0.25) is 11.8 Å². The van der Waals surface area contributed by atoms with Crippen LogP contribution in [0.1, 0.15) is 31.1 Å². The van der Waals surface area contributed by atoms with Crippen LogP contribution in [0.15, 0.2) is 54.7 Å². The molecular weight excluding hydrogens is 340 g/mol. The van der Waals surface area contributed by atoms with Gasteiger partial charge < -0.3 is 15.2 Å². The lowest BCUT2D eigenvalue weighted by Crippen LogP contribution is -2.28. The van der Waals surface area contributed by atoms with Crippen molar-refractivity contribution >= 4 is 34.6 Å². The van der Waals surface area contributed by atoms with Gasteiger partial charge in [-0.3, -0.25) is 9.59 Å². The number of fused-ring (bicyclic) bond motifs is 1. The number of nitrogens with zero attached hydrogens (tertiary/aromatic N) is 2. The molecule has 0 aliphatic rings. The number of likely N-dealkylation sites (N-methyl/N-ethyl adjacent to an activating group) is 1. The molecule has 1 unspecified atom stereocenters. The highest BCUT2D eigenvalue weighted by Crippen LogP contribution is 2.23. The molecule has 3 rings (SSSR count). The Labute approximate surface area is 157 Å². The van der Waals surface area contributed by atoms with E-state index in [0.717, 1.165) is 16.6 Å². The number of hydrogen-bond donors (Lipinski definition) is 2. The number of para-hydroxylation sites is 1. The van der Waals surface area contributed by atoms with Gasteiger partial charge in [-0.05, 0) is 42.7 Å². The fourth-order valence-corrected chi connectivity index (χ4v) is 2.82. The van der Waals surface area contributed by atoms with E-state index in [1.807, 2.05) is 31.2 Å². The van der Waals surface area contributed by atoms with Crippen LogP contribution in [0.2, 0.25) is 0 Å². The van der Waals surface area contributed by atoms with Crippen molar-refractivity contribution in [3.8, 4) is 0 Å². The van der Waals surface area contributed by atoms with Crippen molar-refractivity contribution in [2.75, 3.05) is 12.4 Å². The lowest BCUT2D eigenvalue weighted by atomic mass is 10.2. The minimum Gasteiger partial charge on any atom is -0.357 e. The van der Waals surface area contributed by atoms with E-state index in [-0.39, 0.29) is 17.9 Å². The highest BCUT2D eigenvalue weighted by Gasteiger charge is 2.17. The molecule has 0 aliphatic carbocycles. The Morgan fingerprint density at radius 3 is 2.74 bits per heavy atom. The minimum atomic E-state index is -0.209. The van der Waals surface area contributed by atoms with Crippen LogP contribution in [0, 0.1) is 0 Å². The zero-order valence-electron chi connectivity index (χ0n) is 15.6. The molecule has 27 heavy (non-hydrogen) atoms. The van der Waals surface area contributed by atoms with Crippen molar-refractivity contribution < 1.29 is 9.59 Å². The van der Waals surface area contributed by atoms with Crippen LogP contribution in [0.25, 0.3) is 17.0 Å². The average molecular weight is 362 g/mol. The van der Waals surface area contributed by atoms with Gasteiger partial charge in [-0.25, -0.2) is 4.98 Å². The van der Waals surface area contributed by atoms with Crippen molar-refractivity contribution in [3.63, 3.8) is 0 Å². The van der Waals surface area contributed by atoms with Gasteiger partial charge in [0.25, 0.3) is 0 Å². The lowest BCUT2D eigenvalue weighted by molar-refractivity contribution is -0.126. The van der Waals surface area contributed by atoms with Crippen molar-refractivity contribution in [2.24, 2.45) is 0 Å². The average Bonchev–Trinajstić information content (AvgIpc) is 3.09. The molecule has 0 aliphatic heterocycles. The van der Waals surface area contributed by atoms with Crippen molar-refractivity contribution in [2.45, 2.75) is 19.9 Å².